The summed E-state index contributed by atoms with van der Waals surface area (Å²) in [6.07, 6.45) is 7.99. The van der Waals surface area contributed by atoms with Gasteiger partial charge >= 0.3 is 0 Å². The number of allylic oxidation sites excluding steroid dienone is 5. The topological polar surface area (TPSA) is 0 Å². The van der Waals surface area contributed by atoms with Crippen molar-refractivity contribution in [2.45, 2.75) is 20.8 Å². The molecule has 0 spiro atoms. The molecule has 0 aliphatic heterocycles. The van der Waals surface area contributed by atoms with Gasteiger partial charge in [0.15, 0.2) is 0 Å². The molecule has 0 radical (unpaired) electrons. The SMILES string of the molecule is C=C/C=C\C(=C/C)C(C)C.CF. The lowest BCUT2D eigenvalue weighted by atomic mass is 10.0. The Hall–Kier alpha value is -0.850. The molecule has 0 aromatic rings. The van der Waals surface area contributed by atoms with Gasteiger partial charge in [0.05, 0.1) is 7.18 Å². The van der Waals surface area contributed by atoms with E-state index in [9.17, 15) is 4.39 Å². The molecule has 0 aliphatic rings. The number of hydrogen-bond acceptors (Lipinski definition) is 0. The highest BCUT2D eigenvalue weighted by molar-refractivity contribution is 5.22. The molecule has 12 heavy (non-hydrogen) atoms. The second-order valence-corrected chi connectivity index (χ2v) is 2.54. The van der Waals surface area contributed by atoms with Gasteiger partial charge in [-0.3, -0.25) is 4.39 Å². The monoisotopic (exact) mass is 170 g/mol. The highest BCUT2D eigenvalue weighted by Crippen LogP contribution is 2.09. The van der Waals surface area contributed by atoms with Crippen molar-refractivity contribution in [2.75, 3.05) is 7.18 Å². The Morgan fingerprint density at radius 2 is 1.83 bits per heavy atom. The fraction of sp³-hybridized carbons (Fsp3) is 0.455. The molecule has 0 bridgehead atoms. The summed E-state index contributed by atoms with van der Waals surface area (Å²) >= 11 is 0. The zero-order valence-electron chi connectivity index (χ0n) is 8.47. The number of rotatable bonds is 3. The third kappa shape index (κ3) is 7.26. The first-order valence-corrected chi connectivity index (χ1v) is 4.05. The Kier molecular flexibility index (Phi) is 11.6. The van der Waals surface area contributed by atoms with Gasteiger partial charge in [0, 0.05) is 0 Å². The van der Waals surface area contributed by atoms with Gasteiger partial charge in [-0.2, -0.15) is 0 Å². The van der Waals surface area contributed by atoms with E-state index in [1.165, 1.54) is 5.57 Å². The maximum absolute atomic E-state index is 9.50. The van der Waals surface area contributed by atoms with Gasteiger partial charge < -0.3 is 0 Å². The normalized spacial score (nSPS) is 11.3. The van der Waals surface area contributed by atoms with Crippen LogP contribution in [0, 0.1) is 5.92 Å². The van der Waals surface area contributed by atoms with Crippen LogP contribution in [0.25, 0.3) is 0 Å². The third-order valence-corrected chi connectivity index (χ3v) is 1.42. The van der Waals surface area contributed by atoms with Crippen molar-refractivity contribution >= 4 is 0 Å². The predicted molar refractivity (Wildman–Crippen MR) is 55.0 cm³/mol. The van der Waals surface area contributed by atoms with Gasteiger partial charge in [-0.15, -0.1) is 0 Å². The van der Waals surface area contributed by atoms with Crippen molar-refractivity contribution in [2.24, 2.45) is 5.92 Å². The minimum Gasteiger partial charge on any atom is -0.255 e. The average molecular weight is 170 g/mol. The van der Waals surface area contributed by atoms with E-state index < -0.39 is 0 Å². The zero-order valence-corrected chi connectivity index (χ0v) is 8.47. The number of halogens is 1. The van der Waals surface area contributed by atoms with Gasteiger partial charge in [-0.1, -0.05) is 44.7 Å². The van der Waals surface area contributed by atoms with Crippen molar-refractivity contribution in [1.82, 2.24) is 0 Å². The summed E-state index contributed by atoms with van der Waals surface area (Å²) in [7, 11) is 0.500. The molecule has 0 unspecified atom stereocenters. The Balaban J connectivity index is 0. The molecule has 70 valence electrons. The van der Waals surface area contributed by atoms with Crippen LogP contribution >= 0.6 is 0 Å². The van der Waals surface area contributed by atoms with E-state index in [0.29, 0.717) is 13.1 Å². The fourth-order valence-corrected chi connectivity index (χ4v) is 0.801. The molecular weight excluding hydrogens is 151 g/mol. The summed E-state index contributed by atoms with van der Waals surface area (Å²) in [4.78, 5) is 0. The van der Waals surface area contributed by atoms with E-state index in [1.54, 1.807) is 6.08 Å². The van der Waals surface area contributed by atoms with E-state index in [1.807, 2.05) is 6.08 Å². The van der Waals surface area contributed by atoms with Gasteiger partial charge in [0.2, 0.25) is 0 Å². The smallest absolute Gasteiger partial charge is 0.0785 e. The highest BCUT2D eigenvalue weighted by atomic mass is 19.1. The summed E-state index contributed by atoms with van der Waals surface area (Å²) in [6.45, 7) is 10.0. The van der Waals surface area contributed by atoms with E-state index in [4.69, 9.17) is 0 Å². The first-order chi connectivity index (χ1) is 5.72. The van der Waals surface area contributed by atoms with Crippen molar-refractivity contribution < 1.29 is 4.39 Å². The molecule has 1 heteroatoms. The first kappa shape index (κ1) is 13.7. The zero-order chi connectivity index (χ0) is 9.98. The van der Waals surface area contributed by atoms with Crippen LogP contribution < -0.4 is 0 Å². The third-order valence-electron chi connectivity index (χ3n) is 1.42. The second kappa shape index (κ2) is 10.2. The first-order valence-electron chi connectivity index (χ1n) is 4.05. The van der Waals surface area contributed by atoms with Crippen LogP contribution in [0.5, 0.6) is 0 Å². The van der Waals surface area contributed by atoms with E-state index in [0.717, 1.165) is 0 Å². The van der Waals surface area contributed by atoms with E-state index >= 15 is 0 Å². The van der Waals surface area contributed by atoms with Crippen molar-refractivity contribution in [3.63, 3.8) is 0 Å². The van der Waals surface area contributed by atoms with E-state index in [2.05, 4.69) is 39.5 Å². The maximum Gasteiger partial charge on any atom is 0.0785 e. The molecule has 0 saturated heterocycles. The molecule has 0 N–H and O–H groups in total. The molecule has 0 saturated carbocycles. The predicted octanol–water partition coefficient (Wildman–Crippen LogP) is 3.92. The molecule has 0 fully saturated rings. The maximum atomic E-state index is 9.50. The summed E-state index contributed by atoms with van der Waals surface area (Å²) in [6, 6.07) is 0. The number of hydrogen-bond donors (Lipinski definition) is 0. The Bertz CT molecular complexity index is 152. The van der Waals surface area contributed by atoms with Crippen LogP contribution in [0.1, 0.15) is 20.8 Å². The molecule has 0 aromatic heterocycles. The summed E-state index contributed by atoms with van der Waals surface area (Å²) < 4.78 is 9.50. The van der Waals surface area contributed by atoms with Crippen LogP contribution in [0.2, 0.25) is 0 Å². The van der Waals surface area contributed by atoms with Crippen molar-refractivity contribution in [1.29, 1.82) is 0 Å². The van der Waals surface area contributed by atoms with Gasteiger partial charge in [0.1, 0.15) is 0 Å². The fourth-order valence-electron chi connectivity index (χ4n) is 0.801. The van der Waals surface area contributed by atoms with Crippen molar-refractivity contribution in [3.8, 4) is 0 Å². The van der Waals surface area contributed by atoms with E-state index in [-0.39, 0.29) is 0 Å². The Labute approximate surface area is 75.5 Å². The summed E-state index contributed by atoms with van der Waals surface area (Å²) in [5, 5.41) is 0. The van der Waals surface area contributed by atoms with Crippen LogP contribution in [-0.4, -0.2) is 7.18 Å². The molecule has 0 nitrogen and oxygen atoms in total. The Morgan fingerprint density at radius 1 is 1.33 bits per heavy atom. The van der Waals surface area contributed by atoms with Crippen LogP contribution in [0.4, 0.5) is 4.39 Å². The summed E-state index contributed by atoms with van der Waals surface area (Å²) in [5.41, 5.74) is 1.36. The quantitative estimate of drug-likeness (QED) is 0.563. The van der Waals surface area contributed by atoms with Gasteiger partial charge in [-0.05, 0) is 18.4 Å². The summed E-state index contributed by atoms with van der Waals surface area (Å²) in [5.74, 6) is 0.612. The minimum atomic E-state index is 0.500. The number of alkyl halides is 1. The second-order valence-electron chi connectivity index (χ2n) is 2.54. The standard InChI is InChI=1S/C10H16.CH3F/c1-5-7-8-10(6-2)9(3)4;1-2/h5-9H,1H2,2-4H3;1H3/b8-7-,10-6+;. The highest BCUT2D eigenvalue weighted by Gasteiger charge is 1.94. The molecule has 0 aromatic carbocycles. The molecule has 0 atom stereocenters. The van der Waals surface area contributed by atoms with Crippen LogP contribution in [0.3, 0.4) is 0 Å². The van der Waals surface area contributed by atoms with Crippen LogP contribution in [-0.2, 0) is 0 Å². The largest absolute Gasteiger partial charge is 0.255 e. The van der Waals surface area contributed by atoms with Gasteiger partial charge in [0.25, 0.3) is 0 Å². The lowest BCUT2D eigenvalue weighted by molar-refractivity contribution is 0.636. The molecule has 0 aliphatic carbocycles. The van der Waals surface area contributed by atoms with Crippen LogP contribution in [0.15, 0.2) is 36.5 Å². The average Bonchev–Trinajstić information content (AvgIpc) is 2.09. The minimum absolute atomic E-state index is 0.500. The molecule has 0 rings (SSSR count). The lowest BCUT2D eigenvalue weighted by Gasteiger charge is -2.03. The lowest BCUT2D eigenvalue weighted by Crippen LogP contribution is -1.88. The molecule has 0 heterocycles. The Morgan fingerprint density at radius 3 is 2.08 bits per heavy atom. The molecular formula is C11H19F. The van der Waals surface area contributed by atoms with Crippen molar-refractivity contribution in [3.05, 3.63) is 36.5 Å². The molecule has 0 amide bonds. The van der Waals surface area contributed by atoms with Gasteiger partial charge in [-0.25, -0.2) is 0 Å².